The summed E-state index contributed by atoms with van der Waals surface area (Å²) in [5, 5.41) is 10.0. The largest absolute Gasteiger partial charge is 0.506 e. The standard InChI is InChI=1S/C11H10ClNO3/c1-16-7-4-8(10(15)9(12)5-7)11(2-3-11)13-6-14/h4-5,15H,2-3H2,1H3. The molecule has 0 atom stereocenters. The van der Waals surface area contributed by atoms with E-state index in [0.29, 0.717) is 24.2 Å². The number of aromatic hydroxyl groups is 1. The molecule has 1 saturated carbocycles. The van der Waals surface area contributed by atoms with Crippen molar-refractivity contribution < 1.29 is 14.6 Å². The summed E-state index contributed by atoms with van der Waals surface area (Å²) in [6.07, 6.45) is 2.95. The number of benzene rings is 1. The van der Waals surface area contributed by atoms with E-state index in [0.717, 1.165) is 0 Å². The molecule has 0 radical (unpaired) electrons. The molecule has 0 saturated heterocycles. The fraction of sp³-hybridized carbons (Fsp3) is 0.364. The molecule has 1 aromatic carbocycles. The van der Waals surface area contributed by atoms with Crippen LogP contribution in [0, 0.1) is 0 Å². The molecule has 4 nitrogen and oxygen atoms in total. The number of isocyanates is 1. The molecule has 0 spiro atoms. The average Bonchev–Trinajstić information content (AvgIpc) is 3.03. The second-order valence-electron chi connectivity index (χ2n) is 3.74. The van der Waals surface area contributed by atoms with Gasteiger partial charge in [0.15, 0.2) is 0 Å². The van der Waals surface area contributed by atoms with Gasteiger partial charge in [-0.15, -0.1) is 0 Å². The van der Waals surface area contributed by atoms with Gasteiger partial charge in [-0.05, 0) is 18.9 Å². The third-order valence-corrected chi connectivity index (χ3v) is 3.05. The van der Waals surface area contributed by atoms with E-state index in [2.05, 4.69) is 4.99 Å². The monoisotopic (exact) mass is 239 g/mol. The maximum absolute atomic E-state index is 10.3. The molecule has 1 aromatic rings. The van der Waals surface area contributed by atoms with Gasteiger partial charge in [0, 0.05) is 11.6 Å². The van der Waals surface area contributed by atoms with Crippen molar-refractivity contribution in [3.05, 3.63) is 22.7 Å². The van der Waals surface area contributed by atoms with Crippen LogP contribution in [0.2, 0.25) is 5.02 Å². The van der Waals surface area contributed by atoms with E-state index in [4.69, 9.17) is 16.3 Å². The number of phenolic OH excluding ortho intramolecular Hbond substituents is 1. The van der Waals surface area contributed by atoms with Crippen LogP contribution < -0.4 is 4.74 Å². The molecule has 2 rings (SSSR count). The number of carbonyl (C=O) groups excluding carboxylic acids is 1. The molecule has 1 aliphatic carbocycles. The number of methoxy groups -OCH3 is 1. The number of halogens is 1. The minimum absolute atomic E-state index is 0.0426. The summed E-state index contributed by atoms with van der Waals surface area (Å²) in [4.78, 5) is 14.1. The lowest BCUT2D eigenvalue weighted by Crippen LogP contribution is -2.03. The third-order valence-electron chi connectivity index (χ3n) is 2.76. The smallest absolute Gasteiger partial charge is 0.235 e. The highest BCUT2D eigenvalue weighted by molar-refractivity contribution is 6.32. The Morgan fingerprint density at radius 1 is 1.56 bits per heavy atom. The summed E-state index contributed by atoms with van der Waals surface area (Å²) in [7, 11) is 1.51. The van der Waals surface area contributed by atoms with Crippen molar-refractivity contribution in [3.63, 3.8) is 0 Å². The highest BCUT2D eigenvalue weighted by Gasteiger charge is 2.47. The van der Waals surface area contributed by atoms with Gasteiger partial charge in [0.05, 0.1) is 12.1 Å². The lowest BCUT2D eigenvalue weighted by molar-refractivity contribution is 0.409. The Balaban J connectivity index is 2.55. The molecule has 1 aliphatic rings. The molecule has 16 heavy (non-hydrogen) atoms. The quantitative estimate of drug-likeness (QED) is 0.651. The summed E-state index contributed by atoms with van der Waals surface area (Å²) >= 11 is 5.86. The van der Waals surface area contributed by atoms with Crippen molar-refractivity contribution in [1.82, 2.24) is 0 Å². The third kappa shape index (κ3) is 1.66. The maximum Gasteiger partial charge on any atom is 0.235 e. The number of phenols is 1. The van der Waals surface area contributed by atoms with E-state index < -0.39 is 5.54 Å². The molecule has 84 valence electrons. The van der Waals surface area contributed by atoms with Gasteiger partial charge in [-0.25, -0.2) is 4.79 Å². The molecular weight excluding hydrogens is 230 g/mol. The molecule has 0 aliphatic heterocycles. The predicted molar refractivity (Wildman–Crippen MR) is 58.7 cm³/mol. The van der Waals surface area contributed by atoms with Crippen LogP contribution in [0.5, 0.6) is 11.5 Å². The van der Waals surface area contributed by atoms with E-state index in [1.807, 2.05) is 0 Å². The molecule has 5 heteroatoms. The molecule has 0 unspecified atom stereocenters. The summed E-state index contributed by atoms with van der Waals surface area (Å²) in [6, 6.07) is 3.16. The van der Waals surface area contributed by atoms with Gasteiger partial charge >= 0.3 is 0 Å². The first kappa shape index (κ1) is 11.0. The topological polar surface area (TPSA) is 58.9 Å². The lowest BCUT2D eigenvalue weighted by Gasteiger charge is -2.13. The molecule has 0 bridgehead atoms. The molecule has 0 aromatic heterocycles. The van der Waals surface area contributed by atoms with Gasteiger partial charge in [-0.3, -0.25) is 0 Å². The zero-order chi connectivity index (χ0) is 11.8. The van der Waals surface area contributed by atoms with Crippen molar-refractivity contribution >= 4 is 17.7 Å². The van der Waals surface area contributed by atoms with Gasteiger partial charge in [-0.1, -0.05) is 11.6 Å². The molecular formula is C11H10ClNO3. The number of hydrogen-bond donors (Lipinski definition) is 1. The lowest BCUT2D eigenvalue weighted by atomic mass is 10.0. The summed E-state index contributed by atoms with van der Waals surface area (Å²) in [5.41, 5.74) is -0.121. The molecule has 1 N–H and O–H groups in total. The van der Waals surface area contributed by atoms with Gasteiger partial charge in [0.1, 0.15) is 17.0 Å². The van der Waals surface area contributed by atoms with Crippen molar-refractivity contribution in [3.8, 4) is 11.5 Å². The minimum Gasteiger partial charge on any atom is -0.506 e. The van der Waals surface area contributed by atoms with Crippen molar-refractivity contribution in [1.29, 1.82) is 0 Å². The van der Waals surface area contributed by atoms with Gasteiger partial charge in [-0.2, -0.15) is 4.99 Å². The van der Waals surface area contributed by atoms with Gasteiger partial charge in [0.25, 0.3) is 0 Å². The van der Waals surface area contributed by atoms with Crippen LogP contribution in [0.25, 0.3) is 0 Å². The first-order valence-corrected chi connectivity index (χ1v) is 5.17. The second kappa shape index (κ2) is 3.81. The fourth-order valence-corrected chi connectivity index (χ4v) is 1.90. The maximum atomic E-state index is 10.3. The van der Waals surface area contributed by atoms with Crippen molar-refractivity contribution in [2.45, 2.75) is 18.4 Å². The Kier molecular flexibility index (Phi) is 2.62. The van der Waals surface area contributed by atoms with Gasteiger partial charge < -0.3 is 9.84 Å². The van der Waals surface area contributed by atoms with E-state index >= 15 is 0 Å². The van der Waals surface area contributed by atoms with E-state index in [9.17, 15) is 9.90 Å². The summed E-state index contributed by atoms with van der Waals surface area (Å²) in [6.45, 7) is 0. The normalized spacial score (nSPS) is 16.4. The Morgan fingerprint density at radius 2 is 2.25 bits per heavy atom. The zero-order valence-corrected chi connectivity index (χ0v) is 9.41. The predicted octanol–water partition coefficient (Wildman–Crippen LogP) is 2.38. The molecule has 0 heterocycles. The zero-order valence-electron chi connectivity index (χ0n) is 8.66. The Labute approximate surface area is 97.5 Å². The average molecular weight is 240 g/mol. The molecule has 0 amide bonds. The summed E-state index contributed by atoms with van der Waals surface area (Å²) < 4.78 is 5.06. The number of nitrogens with zero attached hydrogens (tertiary/aromatic N) is 1. The van der Waals surface area contributed by atoms with Crippen LogP contribution >= 0.6 is 11.6 Å². The minimum atomic E-state index is -0.649. The summed E-state index contributed by atoms with van der Waals surface area (Å²) in [5.74, 6) is 0.490. The Morgan fingerprint density at radius 3 is 2.75 bits per heavy atom. The van der Waals surface area contributed by atoms with E-state index in [1.54, 1.807) is 6.07 Å². The Bertz CT molecular complexity index is 476. The van der Waals surface area contributed by atoms with Crippen LogP contribution in [-0.2, 0) is 10.3 Å². The number of ether oxygens (including phenoxy) is 1. The highest BCUT2D eigenvalue weighted by atomic mass is 35.5. The van der Waals surface area contributed by atoms with Crippen LogP contribution in [0.3, 0.4) is 0 Å². The first-order chi connectivity index (χ1) is 7.63. The number of hydrogen-bond acceptors (Lipinski definition) is 4. The van der Waals surface area contributed by atoms with Gasteiger partial charge in [0.2, 0.25) is 6.08 Å². The van der Waals surface area contributed by atoms with Crippen LogP contribution in [0.4, 0.5) is 0 Å². The van der Waals surface area contributed by atoms with Crippen LogP contribution in [0.15, 0.2) is 17.1 Å². The molecule has 1 fully saturated rings. The highest BCUT2D eigenvalue weighted by Crippen LogP contribution is 2.54. The van der Waals surface area contributed by atoms with E-state index in [-0.39, 0.29) is 10.8 Å². The van der Waals surface area contributed by atoms with Crippen LogP contribution in [-0.4, -0.2) is 18.3 Å². The second-order valence-corrected chi connectivity index (χ2v) is 4.15. The van der Waals surface area contributed by atoms with Crippen molar-refractivity contribution in [2.24, 2.45) is 4.99 Å². The Hall–Kier alpha value is -1.51. The SMILES string of the molecule is COc1cc(Cl)c(O)c(C2(N=C=O)CC2)c1. The number of rotatable bonds is 3. The van der Waals surface area contributed by atoms with Crippen LogP contribution in [0.1, 0.15) is 18.4 Å². The number of aliphatic imine (C=N–C) groups is 1. The van der Waals surface area contributed by atoms with E-state index in [1.165, 1.54) is 19.3 Å². The van der Waals surface area contributed by atoms with Crippen molar-refractivity contribution in [2.75, 3.05) is 7.11 Å². The first-order valence-electron chi connectivity index (χ1n) is 4.79. The fourth-order valence-electron chi connectivity index (χ4n) is 1.69.